The van der Waals surface area contributed by atoms with Gasteiger partial charge in [-0.1, -0.05) is 24.6 Å². The van der Waals surface area contributed by atoms with E-state index in [1.54, 1.807) is 17.3 Å². The van der Waals surface area contributed by atoms with Crippen LogP contribution in [-0.4, -0.2) is 44.9 Å². The first-order valence-electron chi connectivity index (χ1n) is 9.91. The Hall–Kier alpha value is -3.28. The summed E-state index contributed by atoms with van der Waals surface area (Å²) in [5.74, 6) is -0.857. The summed E-state index contributed by atoms with van der Waals surface area (Å²) in [4.78, 5) is 36.1. The van der Waals surface area contributed by atoms with Gasteiger partial charge in [0.15, 0.2) is 0 Å². The van der Waals surface area contributed by atoms with Crippen molar-refractivity contribution in [2.75, 3.05) is 13.1 Å². The number of pyridine rings is 2. The van der Waals surface area contributed by atoms with Gasteiger partial charge in [-0.3, -0.25) is 14.6 Å². The molecule has 2 aliphatic rings. The van der Waals surface area contributed by atoms with Crippen LogP contribution in [0.4, 0.5) is 0 Å². The predicted molar refractivity (Wildman–Crippen MR) is 108 cm³/mol. The SMILES string of the molecule is O=C(c1cc(-c2cccnc2)nc2ccccc12)N1C[C@@H]2CCC[C@@]2(C(=O)O)C1. The van der Waals surface area contributed by atoms with Gasteiger partial charge in [0.2, 0.25) is 0 Å². The normalized spacial score (nSPS) is 23.3. The molecule has 3 aromatic rings. The second-order valence-electron chi connectivity index (χ2n) is 8.05. The van der Waals surface area contributed by atoms with E-state index in [0.717, 1.165) is 29.3 Å². The van der Waals surface area contributed by atoms with E-state index in [1.165, 1.54) is 0 Å². The van der Waals surface area contributed by atoms with E-state index in [1.807, 2.05) is 42.5 Å². The highest BCUT2D eigenvalue weighted by Crippen LogP contribution is 2.49. The first kappa shape index (κ1) is 17.8. The fraction of sp³-hybridized carbons (Fsp3) is 0.304. The fourth-order valence-electron chi connectivity index (χ4n) is 4.98. The summed E-state index contributed by atoms with van der Waals surface area (Å²) >= 11 is 0. The number of carboxylic acids is 1. The van der Waals surface area contributed by atoms with E-state index >= 15 is 0 Å². The number of fused-ring (bicyclic) bond motifs is 2. The molecule has 0 bridgehead atoms. The lowest BCUT2D eigenvalue weighted by Gasteiger charge is -2.23. The molecule has 1 N–H and O–H groups in total. The van der Waals surface area contributed by atoms with Gasteiger partial charge in [0, 0.05) is 36.4 Å². The molecule has 2 atom stereocenters. The van der Waals surface area contributed by atoms with Gasteiger partial charge in [0.25, 0.3) is 5.91 Å². The molecule has 29 heavy (non-hydrogen) atoms. The molecule has 146 valence electrons. The summed E-state index contributed by atoms with van der Waals surface area (Å²) in [6, 6.07) is 13.1. The Morgan fingerprint density at radius 3 is 2.79 bits per heavy atom. The number of para-hydroxylation sites is 1. The summed E-state index contributed by atoms with van der Waals surface area (Å²) in [6.07, 6.45) is 5.86. The van der Waals surface area contributed by atoms with E-state index in [0.29, 0.717) is 24.2 Å². The average Bonchev–Trinajstić information content (AvgIpc) is 3.32. The fourth-order valence-corrected chi connectivity index (χ4v) is 4.98. The summed E-state index contributed by atoms with van der Waals surface area (Å²) in [7, 11) is 0. The Bertz CT molecular complexity index is 1110. The number of carbonyl (C=O) groups is 2. The number of carbonyl (C=O) groups excluding carboxylic acids is 1. The van der Waals surface area contributed by atoms with Gasteiger partial charge in [-0.2, -0.15) is 0 Å². The number of hydrogen-bond acceptors (Lipinski definition) is 4. The van der Waals surface area contributed by atoms with Crippen LogP contribution in [0, 0.1) is 11.3 Å². The third kappa shape index (κ3) is 2.78. The number of nitrogens with zero attached hydrogens (tertiary/aromatic N) is 3. The predicted octanol–water partition coefficient (Wildman–Crippen LogP) is 3.62. The monoisotopic (exact) mass is 387 g/mol. The molecule has 6 nitrogen and oxygen atoms in total. The van der Waals surface area contributed by atoms with E-state index in [4.69, 9.17) is 4.98 Å². The van der Waals surface area contributed by atoms with Crippen molar-refractivity contribution in [3.05, 3.63) is 60.4 Å². The van der Waals surface area contributed by atoms with E-state index in [9.17, 15) is 14.7 Å². The Labute approximate surface area is 168 Å². The minimum Gasteiger partial charge on any atom is -0.481 e. The highest BCUT2D eigenvalue weighted by Gasteiger charge is 2.55. The van der Waals surface area contributed by atoms with E-state index < -0.39 is 11.4 Å². The van der Waals surface area contributed by atoms with Crippen molar-refractivity contribution in [3.63, 3.8) is 0 Å². The first-order chi connectivity index (χ1) is 14.1. The summed E-state index contributed by atoms with van der Waals surface area (Å²) in [5, 5.41) is 10.6. The van der Waals surface area contributed by atoms with Crippen molar-refractivity contribution >= 4 is 22.8 Å². The smallest absolute Gasteiger partial charge is 0.311 e. The quantitative estimate of drug-likeness (QED) is 0.742. The van der Waals surface area contributed by atoms with Crippen LogP contribution in [0.25, 0.3) is 22.2 Å². The molecule has 1 amide bonds. The Balaban J connectivity index is 1.58. The largest absolute Gasteiger partial charge is 0.481 e. The molecule has 5 rings (SSSR count). The van der Waals surface area contributed by atoms with Crippen LogP contribution in [0.1, 0.15) is 29.6 Å². The maximum absolute atomic E-state index is 13.5. The molecule has 1 saturated carbocycles. The third-order valence-corrected chi connectivity index (χ3v) is 6.49. The maximum atomic E-state index is 13.5. The number of amides is 1. The van der Waals surface area contributed by atoms with Crippen LogP contribution in [-0.2, 0) is 4.79 Å². The molecule has 1 saturated heterocycles. The lowest BCUT2D eigenvalue weighted by molar-refractivity contribution is -0.149. The van der Waals surface area contributed by atoms with Gasteiger partial charge in [-0.15, -0.1) is 0 Å². The summed E-state index contributed by atoms with van der Waals surface area (Å²) in [6.45, 7) is 0.786. The van der Waals surface area contributed by atoms with Gasteiger partial charge >= 0.3 is 5.97 Å². The van der Waals surface area contributed by atoms with Gasteiger partial charge in [-0.25, -0.2) is 4.98 Å². The number of aromatic nitrogens is 2. The number of rotatable bonds is 3. The summed E-state index contributed by atoms with van der Waals surface area (Å²) < 4.78 is 0. The molecular weight excluding hydrogens is 366 g/mol. The van der Waals surface area contributed by atoms with Gasteiger partial charge < -0.3 is 10.0 Å². The Morgan fingerprint density at radius 1 is 1.17 bits per heavy atom. The number of benzene rings is 1. The van der Waals surface area contributed by atoms with Crippen molar-refractivity contribution in [1.82, 2.24) is 14.9 Å². The molecule has 0 spiro atoms. The van der Waals surface area contributed by atoms with Crippen LogP contribution >= 0.6 is 0 Å². The molecule has 1 aromatic carbocycles. The number of carboxylic acid groups (broad SMARTS) is 1. The molecule has 0 unspecified atom stereocenters. The zero-order valence-corrected chi connectivity index (χ0v) is 15.9. The highest BCUT2D eigenvalue weighted by atomic mass is 16.4. The van der Waals surface area contributed by atoms with Crippen molar-refractivity contribution in [2.45, 2.75) is 19.3 Å². The molecule has 3 heterocycles. The minimum absolute atomic E-state index is 0.0369. The molecule has 2 aromatic heterocycles. The van der Waals surface area contributed by atoms with Crippen LogP contribution in [0.2, 0.25) is 0 Å². The number of likely N-dealkylation sites (tertiary alicyclic amines) is 1. The third-order valence-electron chi connectivity index (χ3n) is 6.49. The molecule has 2 fully saturated rings. The zero-order chi connectivity index (χ0) is 20.0. The minimum atomic E-state index is -0.787. The van der Waals surface area contributed by atoms with Crippen molar-refractivity contribution < 1.29 is 14.7 Å². The summed E-state index contributed by atoms with van der Waals surface area (Å²) in [5.41, 5.74) is 2.05. The molecule has 6 heteroatoms. The number of aliphatic carboxylic acids is 1. The van der Waals surface area contributed by atoms with Crippen LogP contribution in [0.5, 0.6) is 0 Å². The van der Waals surface area contributed by atoms with E-state index in [-0.39, 0.29) is 18.4 Å². The maximum Gasteiger partial charge on any atom is 0.311 e. The van der Waals surface area contributed by atoms with Crippen molar-refractivity contribution in [1.29, 1.82) is 0 Å². The van der Waals surface area contributed by atoms with E-state index in [2.05, 4.69) is 4.98 Å². The van der Waals surface area contributed by atoms with Crippen LogP contribution in [0.15, 0.2) is 54.9 Å². The second-order valence-corrected chi connectivity index (χ2v) is 8.05. The van der Waals surface area contributed by atoms with Gasteiger partial charge in [0.05, 0.1) is 22.2 Å². The first-order valence-corrected chi connectivity index (χ1v) is 9.91. The lowest BCUT2D eigenvalue weighted by atomic mass is 9.81. The Kier molecular flexibility index (Phi) is 4.08. The second kappa shape index (κ2) is 6.65. The average molecular weight is 387 g/mol. The number of hydrogen-bond donors (Lipinski definition) is 1. The molecule has 0 radical (unpaired) electrons. The van der Waals surface area contributed by atoms with Crippen molar-refractivity contribution in [2.24, 2.45) is 11.3 Å². The molecule has 1 aliphatic carbocycles. The van der Waals surface area contributed by atoms with Crippen LogP contribution < -0.4 is 0 Å². The van der Waals surface area contributed by atoms with Crippen molar-refractivity contribution in [3.8, 4) is 11.3 Å². The van der Waals surface area contributed by atoms with Crippen LogP contribution in [0.3, 0.4) is 0 Å². The van der Waals surface area contributed by atoms with Gasteiger partial charge in [0.1, 0.15) is 0 Å². The van der Waals surface area contributed by atoms with Gasteiger partial charge in [-0.05, 0) is 43.0 Å². The standard InChI is InChI=1S/C23H21N3O3/c27-21(26-13-16-6-3-9-23(16,14-26)22(28)29)18-11-20(15-5-4-10-24-12-15)25-19-8-2-1-7-17(18)19/h1-2,4-5,7-8,10-12,16H,3,6,9,13-14H2,(H,28,29)/t16-,23+/m0/s1. The zero-order valence-electron chi connectivity index (χ0n) is 15.9. The highest BCUT2D eigenvalue weighted by molar-refractivity contribution is 6.07. The topological polar surface area (TPSA) is 83.4 Å². The molecule has 1 aliphatic heterocycles. The molecular formula is C23H21N3O3. The lowest BCUT2D eigenvalue weighted by Crippen LogP contribution is -2.37. The Morgan fingerprint density at radius 2 is 2.03 bits per heavy atom.